The van der Waals surface area contributed by atoms with Crippen molar-refractivity contribution in [2.24, 2.45) is 0 Å². The number of hydrogen-bond acceptors (Lipinski definition) is 2. The molecular formula is C16H19BrN2. The number of aromatic nitrogens is 1. The molecule has 3 heteroatoms. The van der Waals surface area contributed by atoms with Crippen LogP contribution in [0.5, 0.6) is 0 Å². The summed E-state index contributed by atoms with van der Waals surface area (Å²) in [5.74, 6) is 0. The fourth-order valence-electron chi connectivity index (χ4n) is 2.17. The molecule has 0 saturated carbocycles. The molecule has 0 saturated heterocycles. The molecule has 0 fully saturated rings. The number of pyridine rings is 1. The van der Waals surface area contributed by atoms with Crippen molar-refractivity contribution in [3.8, 4) is 0 Å². The van der Waals surface area contributed by atoms with Gasteiger partial charge in [-0.1, -0.05) is 34.1 Å². The largest absolute Gasteiger partial charge is 0.317 e. The van der Waals surface area contributed by atoms with Gasteiger partial charge in [0.15, 0.2) is 0 Å². The second kappa shape index (κ2) is 7.41. The molecule has 19 heavy (non-hydrogen) atoms. The number of nitrogens with zero attached hydrogens (tertiary/aromatic N) is 1. The van der Waals surface area contributed by atoms with Crippen molar-refractivity contribution < 1.29 is 0 Å². The maximum Gasteiger partial charge on any atom is 0.0404 e. The molecule has 0 aliphatic carbocycles. The number of aryl methyl sites for hydroxylation is 1. The van der Waals surface area contributed by atoms with E-state index >= 15 is 0 Å². The van der Waals surface area contributed by atoms with Crippen LogP contribution in [-0.2, 0) is 12.8 Å². The van der Waals surface area contributed by atoms with Gasteiger partial charge in [0, 0.05) is 22.4 Å². The van der Waals surface area contributed by atoms with Gasteiger partial charge < -0.3 is 5.32 Å². The van der Waals surface area contributed by atoms with Crippen molar-refractivity contribution in [1.29, 1.82) is 0 Å². The summed E-state index contributed by atoms with van der Waals surface area (Å²) in [6.07, 6.45) is 5.02. The van der Waals surface area contributed by atoms with E-state index in [0.29, 0.717) is 6.04 Å². The Labute approximate surface area is 123 Å². The number of halogens is 1. The van der Waals surface area contributed by atoms with Crippen molar-refractivity contribution in [2.75, 3.05) is 7.05 Å². The van der Waals surface area contributed by atoms with Crippen LogP contribution in [-0.4, -0.2) is 18.1 Å². The third kappa shape index (κ3) is 4.77. The SMILES string of the molecule is CNC(CCc1ccccn1)Cc1cccc(Br)c1. The van der Waals surface area contributed by atoms with Crippen LogP contribution in [0, 0.1) is 0 Å². The third-order valence-electron chi connectivity index (χ3n) is 3.25. The first-order chi connectivity index (χ1) is 9.28. The summed E-state index contributed by atoms with van der Waals surface area (Å²) >= 11 is 3.52. The van der Waals surface area contributed by atoms with Crippen LogP contribution in [0.1, 0.15) is 17.7 Å². The molecule has 1 aromatic carbocycles. The lowest BCUT2D eigenvalue weighted by Crippen LogP contribution is -2.28. The minimum absolute atomic E-state index is 0.483. The van der Waals surface area contributed by atoms with E-state index in [0.717, 1.165) is 29.4 Å². The molecule has 0 amide bonds. The molecule has 0 aliphatic rings. The first kappa shape index (κ1) is 14.2. The second-order valence-electron chi connectivity index (χ2n) is 4.68. The standard InChI is InChI=1S/C16H19BrN2/c1-18-16(9-8-15-7-2-3-10-19-15)12-13-5-4-6-14(17)11-13/h2-7,10-11,16,18H,8-9,12H2,1H3. The van der Waals surface area contributed by atoms with Crippen molar-refractivity contribution in [2.45, 2.75) is 25.3 Å². The highest BCUT2D eigenvalue weighted by Crippen LogP contribution is 2.14. The summed E-state index contributed by atoms with van der Waals surface area (Å²) in [4.78, 5) is 4.37. The van der Waals surface area contributed by atoms with Gasteiger partial charge in [-0.05, 0) is 56.1 Å². The summed E-state index contributed by atoms with van der Waals surface area (Å²) in [7, 11) is 2.03. The Hall–Kier alpha value is -1.19. The highest BCUT2D eigenvalue weighted by atomic mass is 79.9. The molecule has 1 atom stereocenters. The summed E-state index contributed by atoms with van der Waals surface area (Å²) in [6, 6.07) is 15.1. The highest BCUT2D eigenvalue weighted by Gasteiger charge is 2.08. The monoisotopic (exact) mass is 318 g/mol. The van der Waals surface area contributed by atoms with E-state index in [9.17, 15) is 0 Å². The van der Waals surface area contributed by atoms with Gasteiger partial charge in [-0.3, -0.25) is 4.98 Å². The molecular weight excluding hydrogens is 300 g/mol. The van der Waals surface area contributed by atoms with Gasteiger partial charge in [-0.25, -0.2) is 0 Å². The van der Waals surface area contributed by atoms with Crippen molar-refractivity contribution in [3.05, 3.63) is 64.4 Å². The first-order valence-corrected chi connectivity index (χ1v) is 7.39. The fraction of sp³-hybridized carbons (Fsp3) is 0.312. The molecule has 0 aliphatic heterocycles. The molecule has 0 bridgehead atoms. The molecule has 1 N–H and O–H groups in total. The lowest BCUT2D eigenvalue weighted by molar-refractivity contribution is 0.517. The summed E-state index contributed by atoms with van der Waals surface area (Å²) in [6.45, 7) is 0. The van der Waals surface area contributed by atoms with Crippen LogP contribution < -0.4 is 5.32 Å². The van der Waals surface area contributed by atoms with Gasteiger partial charge >= 0.3 is 0 Å². The maximum absolute atomic E-state index is 4.37. The van der Waals surface area contributed by atoms with E-state index in [4.69, 9.17) is 0 Å². The summed E-state index contributed by atoms with van der Waals surface area (Å²) < 4.78 is 1.14. The zero-order chi connectivity index (χ0) is 13.5. The lowest BCUT2D eigenvalue weighted by atomic mass is 10.0. The molecule has 2 rings (SSSR count). The predicted molar refractivity (Wildman–Crippen MR) is 83.3 cm³/mol. The Bertz CT molecular complexity index is 499. The summed E-state index contributed by atoms with van der Waals surface area (Å²) in [5, 5.41) is 3.40. The van der Waals surface area contributed by atoms with E-state index in [-0.39, 0.29) is 0 Å². The Balaban J connectivity index is 1.90. The van der Waals surface area contributed by atoms with Gasteiger partial charge in [0.05, 0.1) is 0 Å². The van der Waals surface area contributed by atoms with Gasteiger partial charge in [0.2, 0.25) is 0 Å². The van der Waals surface area contributed by atoms with Gasteiger partial charge in [-0.2, -0.15) is 0 Å². The van der Waals surface area contributed by atoms with Crippen LogP contribution in [0.15, 0.2) is 53.1 Å². The molecule has 2 aromatic rings. The number of nitrogens with one attached hydrogen (secondary N) is 1. The Morgan fingerprint density at radius 2 is 2.11 bits per heavy atom. The van der Waals surface area contributed by atoms with Crippen molar-refractivity contribution in [3.63, 3.8) is 0 Å². The smallest absolute Gasteiger partial charge is 0.0404 e. The fourth-order valence-corrected chi connectivity index (χ4v) is 2.61. The molecule has 0 spiro atoms. The number of likely N-dealkylation sites (N-methyl/N-ethyl adjacent to an activating group) is 1. The lowest BCUT2D eigenvalue weighted by Gasteiger charge is -2.16. The summed E-state index contributed by atoms with van der Waals surface area (Å²) in [5.41, 5.74) is 2.52. The van der Waals surface area contributed by atoms with Crippen LogP contribution in [0.2, 0.25) is 0 Å². The Morgan fingerprint density at radius 1 is 1.21 bits per heavy atom. The molecule has 1 heterocycles. The van der Waals surface area contributed by atoms with Gasteiger partial charge in [0.1, 0.15) is 0 Å². The molecule has 100 valence electrons. The second-order valence-corrected chi connectivity index (χ2v) is 5.60. The third-order valence-corrected chi connectivity index (χ3v) is 3.75. The van der Waals surface area contributed by atoms with Crippen LogP contribution in [0.4, 0.5) is 0 Å². The van der Waals surface area contributed by atoms with Gasteiger partial charge in [0.25, 0.3) is 0 Å². The number of rotatable bonds is 6. The topological polar surface area (TPSA) is 24.9 Å². The van der Waals surface area contributed by atoms with Crippen molar-refractivity contribution >= 4 is 15.9 Å². The number of benzene rings is 1. The number of hydrogen-bond donors (Lipinski definition) is 1. The van der Waals surface area contributed by atoms with E-state index in [1.54, 1.807) is 0 Å². The molecule has 0 radical (unpaired) electrons. The van der Waals surface area contributed by atoms with Crippen LogP contribution in [0.3, 0.4) is 0 Å². The minimum atomic E-state index is 0.483. The normalized spacial score (nSPS) is 12.3. The van der Waals surface area contributed by atoms with E-state index in [1.165, 1.54) is 5.56 Å². The zero-order valence-corrected chi connectivity index (χ0v) is 12.7. The first-order valence-electron chi connectivity index (χ1n) is 6.59. The average molecular weight is 319 g/mol. The van der Waals surface area contributed by atoms with E-state index < -0.39 is 0 Å². The van der Waals surface area contributed by atoms with E-state index in [2.05, 4.69) is 56.6 Å². The van der Waals surface area contributed by atoms with Crippen LogP contribution in [0.25, 0.3) is 0 Å². The minimum Gasteiger partial charge on any atom is -0.317 e. The van der Waals surface area contributed by atoms with E-state index in [1.807, 2.05) is 25.4 Å². The Kier molecular flexibility index (Phi) is 5.55. The zero-order valence-electron chi connectivity index (χ0n) is 11.1. The predicted octanol–water partition coefficient (Wildman–Crippen LogP) is 3.61. The average Bonchev–Trinajstić information content (AvgIpc) is 2.44. The highest BCUT2D eigenvalue weighted by molar-refractivity contribution is 9.10. The maximum atomic E-state index is 4.37. The molecule has 1 unspecified atom stereocenters. The molecule has 2 nitrogen and oxygen atoms in total. The quantitative estimate of drug-likeness (QED) is 0.880. The van der Waals surface area contributed by atoms with Gasteiger partial charge in [-0.15, -0.1) is 0 Å². The Morgan fingerprint density at radius 3 is 2.79 bits per heavy atom. The van der Waals surface area contributed by atoms with Crippen LogP contribution >= 0.6 is 15.9 Å². The van der Waals surface area contributed by atoms with Crippen molar-refractivity contribution in [1.82, 2.24) is 10.3 Å². The molecule has 1 aromatic heterocycles.